The highest BCUT2D eigenvalue weighted by molar-refractivity contribution is 9.10. The Kier molecular flexibility index (Phi) is 4.84. The highest BCUT2D eigenvalue weighted by Crippen LogP contribution is 2.30. The molecule has 102 valence electrons. The van der Waals surface area contributed by atoms with Gasteiger partial charge < -0.3 is 10.2 Å². The van der Waals surface area contributed by atoms with Crippen molar-refractivity contribution < 1.29 is 0 Å². The molecule has 3 nitrogen and oxygen atoms in total. The third kappa shape index (κ3) is 3.49. The van der Waals surface area contributed by atoms with Crippen molar-refractivity contribution in [3.63, 3.8) is 0 Å². The van der Waals surface area contributed by atoms with Gasteiger partial charge in [-0.1, -0.05) is 6.07 Å². The van der Waals surface area contributed by atoms with Crippen LogP contribution in [-0.2, 0) is 0 Å². The number of nitriles is 1. The number of nitrogens with one attached hydrogen (secondary N) is 1. The lowest BCUT2D eigenvalue weighted by Crippen LogP contribution is -2.40. The van der Waals surface area contributed by atoms with Gasteiger partial charge in [0.15, 0.2) is 0 Å². The molecule has 1 heterocycles. The molecule has 1 aromatic carbocycles. The first-order chi connectivity index (χ1) is 9.11. The second-order valence-electron chi connectivity index (χ2n) is 5.26. The Morgan fingerprint density at radius 1 is 1.53 bits per heavy atom. The van der Waals surface area contributed by atoms with E-state index in [2.05, 4.69) is 64.3 Å². The Hall–Kier alpha value is -1.05. The van der Waals surface area contributed by atoms with Crippen LogP contribution in [0.2, 0.25) is 0 Å². The van der Waals surface area contributed by atoms with E-state index in [1.807, 2.05) is 0 Å². The van der Waals surface area contributed by atoms with Gasteiger partial charge in [0.2, 0.25) is 0 Å². The number of aryl methyl sites for hydroxylation is 1. The summed E-state index contributed by atoms with van der Waals surface area (Å²) in [5.41, 5.74) is 2.44. The standard InChI is InChI=1S/C15H20BrN3/c1-11-3-4-15(14(16)9-11)19-8-6-12(2)18-10-13(19)5-7-17/h3-4,9,12-13,18H,5-6,8,10H2,1-2H3. The summed E-state index contributed by atoms with van der Waals surface area (Å²) in [6.07, 6.45) is 1.66. The molecule has 1 saturated heterocycles. The van der Waals surface area contributed by atoms with Crippen molar-refractivity contribution in [2.45, 2.75) is 38.8 Å². The van der Waals surface area contributed by atoms with Gasteiger partial charge in [0.05, 0.1) is 24.2 Å². The number of nitrogens with zero attached hydrogens (tertiary/aromatic N) is 2. The molecule has 0 radical (unpaired) electrons. The summed E-state index contributed by atoms with van der Waals surface area (Å²) in [7, 11) is 0. The number of hydrogen-bond acceptors (Lipinski definition) is 3. The second kappa shape index (κ2) is 6.40. The van der Waals surface area contributed by atoms with Crippen LogP contribution in [0.3, 0.4) is 0 Å². The SMILES string of the molecule is Cc1ccc(N2CCC(C)NCC2CC#N)c(Br)c1. The molecule has 0 amide bonds. The lowest BCUT2D eigenvalue weighted by molar-refractivity contribution is 0.538. The maximum Gasteiger partial charge on any atom is 0.0643 e. The van der Waals surface area contributed by atoms with E-state index >= 15 is 0 Å². The molecule has 2 unspecified atom stereocenters. The van der Waals surface area contributed by atoms with Gasteiger partial charge in [-0.05, 0) is 53.9 Å². The number of hydrogen-bond donors (Lipinski definition) is 1. The van der Waals surface area contributed by atoms with E-state index in [9.17, 15) is 0 Å². The molecule has 1 fully saturated rings. The van der Waals surface area contributed by atoms with Crippen molar-refractivity contribution in [1.29, 1.82) is 5.26 Å². The molecule has 0 aliphatic carbocycles. The monoisotopic (exact) mass is 321 g/mol. The quantitative estimate of drug-likeness (QED) is 0.909. The molecule has 1 aliphatic heterocycles. The third-order valence-corrected chi connectivity index (χ3v) is 4.32. The minimum Gasteiger partial charge on any atom is -0.365 e. The number of halogens is 1. The Morgan fingerprint density at radius 3 is 3.00 bits per heavy atom. The molecule has 4 heteroatoms. The molecule has 19 heavy (non-hydrogen) atoms. The zero-order valence-electron chi connectivity index (χ0n) is 11.5. The van der Waals surface area contributed by atoms with Crippen LogP contribution in [0.15, 0.2) is 22.7 Å². The van der Waals surface area contributed by atoms with Crippen LogP contribution in [-0.4, -0.2) is 25.2 Å². The van der Waals surface area contributed by atoms with E-state index in [1.54, 1.807) is 0 Å². The fourth-order valence-corrected chi connectivity index (χ4v) is 3.24. The molecule has 2 atom stereocenters. The number of rotatable bonds is 2. The van der Waals surface area contributed by atoms with E-state index in [4.69, 9.17) is 5.26 Å². The van der Waals surface area contributed by atoms with Gasteiger partial charge in [-0.25, -0.2) is 0 Å². The fraction of sp³-hybridized carbons (Fsp3) is 0.533. The van der Waals surface area contributed by atoms with Crippen LogP contribution < -0.4 is 10.2 Å². The lowest BCUT2D eigenvalue weighted by atomic mass is 10.1. The summed E-state index contributed by atoms with van der Waals surface area (Å²) < 4.78 is 1.12. The van der Waals surface area contributed by atoms with Gasteiger partial charge in [0, 0.05) is 23.6 Å². The van der Waals surface area contributed by atoms with Crippen molar-refractivity contribution in [2.75, 3.05) is 18.0 Å². The van der Waals surface area contributed by atoms with Gasteiger partial charge in [0.25, 0.3) is 0 Å². The molecule has 0 saturated carbocycles. The predicted octanol–water partition coefficient (Wildman–Crippen LogP) is 3.23. The molecular formula is C15H20BrN3. The van der Waals surface area contributed by atoms with Gasteiger partial charge in [-0.3, -0.25) is 0 Å². The first-order valence-electron chi connectivity index (χ1n) is 6.75. The lowest BCUT2D eigenvalue weighted by Gasteiger charge is -2.31. The van der Waals surface area contributed by atoms with Gasteiger partial charge in [-0.2, -0.15) is 5.26 Å². The summed E-state index contributed by atoms with van der Waals surface area (Å²) in [4.78, 5) is 2.36. The fourth-order valence-electron chi connectivity index (χ4n) is 2.51. The Morgan fingerprint density at radius 2 is 2.32 bits per heavy atom. The van der Waals surface area contributed by atoms with E-state index in [0.717, 1.165) is 24.0 Å². The van der Waals surface area contributed by atoms with Crippen LogP contribution >= 0.6 is 15.9 Å². The molecular weight excluding hydrogens is 302 g/mol. The van der Waals surface area contributed by atoms with Crippen LogP contribution in [0.5, 0.6) is 0 Å². The summed E-state index contributed by atoms with van der Waals surface area (Å²) in [6, 6.07) is 9.49. The molecule has 1 aliphatic rings. The van der Waals surface area contributed by atoms with E-state index < -0.39 is 0 Å². The average Bonchev–Trinajstić information content (AvgIpc) is 2.54. The number of benzene rings is 1. The largest absolute Gasteiger partial charge is 0.365 e. The molecule has 0 spiro atoms. The summed E-state index contributed by atoms with van der Waals surface area (Å²) in [6.45, 7) is 6.15. The highest BCUT2D eigenvalue weighted by Gasteiger charge is 2.24. The van der Waals surface area contributed by atoms with E-state index in [0.29, 0.717) is 12.5 Å². The zero-order chi connectivity index (χ0) is 13.8. The molecule has 2 rings (SSSR count). The van der Waals surface area contributed by atoms with Crippen molar-refractivity contribution in [1.82, 2.24) is 5.32 Å². The molecule has 0 aromatic heterocycles. The highest BCUT2D eigenvalue weighted by atomic mass is 79.9. The molecule has 0 bridgehead atoms. The normalized spacial score (nSPS) is 23.8. The first-order valence-corrected chi connectivity index (χ1v) is 7.54. The maximum absolute atomic E-state index is 9.04. The number of anilines is 1. The third-order valence-electron chi connectivity index (χ3n) is 3.69. The van der Waals surface area contributed by atoms with Crippen molar-refractivity contribution in [3.8, 4) is 6.07 Å². The van der Waals surface area contributed by atoms with Crippen molar-refractivity contribution >= 4 is 21.6 Å². The Bertz CT molecular complexity index is 481. The topological polar surface area (TPSA) is 39.1 Å². The molecule has 1 aromatic rings. The van der Waals surface area contributed by atoms with Gasteiger partial charge in [0.1, 0.15) is 0 Å². The zero-order valence-corrected chi connectivity index (χ0v) is 13.1. The smallest absolute Gasteiger partial charge is 0.0643 e. The first kappa shape index (κ1) is 14.4. The minimum atomic E-state index is 0.244. The molecule has 1 N–H and O–H groups in total. The van der Waals surface area contributed by atoms with Crippen LogP contribution in [0.4, 0.5) is 5.69 Å². The van der Waals surface area contributed by atoms with Crippen LogP contribution in [0.25, 0.3) is 0 Å². The van der Waals surface area contributed by atoms with Gasteiger partial charge >= 0.3 is 0 Å². The van der Waals surface area contributed by atoms with Gasteiger partial charge in [-0.15, -0.1) is 0 Å². The van der Waals surface area contributed by atoms with Crippen LogP contribution in [0, 0.1) is 18.3 Å². The predicted molar refractivity (Wildman–Crippen MR) is 82.3 cm³/mol. The second-order valence-corrected chi connectivity index (χ2v) is 6.12. The van der Waals surface area contributed by atoms with Crippen LogP contribution in [0.1, 0.15) is 25.3 Å². The average molecular weight is 322 g/mol. The maximum atomic E-state index is 9.04. The van der Waals surface area contributed by atoms with Crippen molar-refractivity contribution in [2.24, 2.45) is 0 Å². The van der Waals surface area contributed by atoms with Crippen molar-refractivity contribution in [3.05, 3.63) is 28.2 Å². The Labute approximate surface area is 123 Å². The van der Waals surface area contributed by atoms with E-state index in [1.165, 1.54) is 11.3 Å². The Balaban J connectivity index is 2.29. The van der Waals surface area contributed by atoms with E-state index in [-0.39, 0.29) is 6.04 Å². The summed E-state index contributed by atoms with van der Waals surface area (Å²) in [5.74, 6) is 0. The summed E-state index contributed by atoms with van der Waals surface area (Å²) in [5, 5.41) is 12.5. The minimum absolute atomic E-state index is 0.244. The summed E-state index contributed by atoms with van der Waals surface area (Å²) >= 11 is 3.66.